The fourth-order valence-electron chi connectivity index (χ4n) is 4.56. The molecule has 1 amide bonds. The molecule has 0 saturated heterocycles. The molecule has 2 aromatic carbocycles. The molecule has 0 unspecified atom stereocenters. The molecular weight excluding hydrogens is 405 g/mol. The number of benzene rings is 2. The van der Waals surface area contributed by atoms with Gasteiger partial charge in [0.15, 0.2) is 0 Å². The molecule has 0 aliphatic heterocycles. The quantitative estimate of drug-likeness (QED) is 0.633. The fraction of sp³-hybridized carbons (Fsp3) is 0.346. The Morgan fingerprint density at radius 1 is 1.09 bits per heavy atom. The molecule has 0 atom stereocenters. The SMILES string of the molecule is N#CC1(c2ccc(-c3nc4ccc(F)cc4cc3C(=O)NC3CCC(O)CC3)cc2)CC1. The zero-order valence-electron chi connectivity index (χ0n) is 17.6. The molecule has 2 N–H and O–H groups in total. The summed E-state index contributed by atoms with van der Waals surface area (Å²) in [6, 6.07) is 16.1. The van der Waals surface area contributed by atoms with Crippen LogP contribution in [0.15, 0.2) is 48.5 Å². The Balaban J connectivity index is 1.52. The van der Waals surface area contributed by atoms with E-state index < -0.39 is 0 Å². The molecule has 2 saturated carbocycles. The van der Waals surface area contributed by atoms with Crippen molar-refractivity contribution in [1.82, 2.24) is 10.3 Å². The number of pyridine rings is 1. The Bertz CT molecular complexity index is 1220. The highest BCUT2D eigenvalue weighted by Crippen LogP contribution is 2.47. The van der Waals surface area contributed by atoms with Gasteiger partial charge in [-0.2, -0.15) is 5.26 Å². The molecule has 162 valence electrons. The summed E-state index contributed by atoms with van der Waals surface area (Å²) in [5.74, 6) is -0.630. The van der Waals surface area contributed by atoms with E-state index in [2.05, 4.69) is 11.4 Å². The summed E-state index contributed by atoms with van der Waals surface area (Å²) < 4.78 is 13.8. The summed E-state index contributed by atoms with van der Waals surface area (Å²) in [7, 11) is 0. The fourth-order valence-corrected chi connectivity index (χ4v) is 4.56. The van der Waals surface area contributed by atoms with Gasteiger partial charge in [-0.25, -0.2) is 9.37 Å². The third-order valence-electron chi connectivity index (χ3n) is 6.73. The minimum atomic E-state index is -0.379. The second-order valence-electron chi connectivity index (χ2n) is 8.97. The van der Waals surface area contributed by atoms with Gasteiger partial charge < -0.3 is 10.4 Å². The zero-order chi connectivity index (χ0) is 22.3. The summed E-state index contributed by atoms with van der Waals surface area (Å²) in [5.41, 5.74) is 2.92. The van der Waals surface area contributed by atoms with E-state index in [1.165, 1.54) is 12.1 Å². The average Bonchev–Trinajstić information content (AvgIpc) is 3.61. The number of nitrogens with zero attached hydrogens (tertiary/aromatic N) is 2. The maximum atomic E-state index is 13.8. The molecule has 5 rings (SSSR count). The number of halogens is 1. The van der Waals surface area contributed by atoms with Crippen LogP contribution in [-0.2, 0) is 5.41 Å². The first-order valence-corrected chi connectivity index (χ1v) is 11.1. The van der Waals surface area contributed by atoms with Gasteiger partial charge in [0.25, 0.3) is 5.91 Å². The molecule has 1 aromatic heterocycles. The standard InChI is InChI=1S/C26H24FN3O2/c27-19-5-10-23-17(13-19)14-22(25(32)29-20-6-8-21(31)9-7-20)24(30-23)16-1-3-18(4-2-16)26(15-28)11-12-26/h1-5,10,13-14,20-21,31H,6-9,11-12H2,(H,29,32). The molecule has 3 aromatic rings. The lowest BCUT2D eigenvalue weighted by atomic mass is 9.92. The van der Waals surface area contributed by atoms with Crippen LogP contribution in [0, 0.1) is 17.1 Å². The van der Waals surface area contributed by atoms with Gasteiger partial charge in [-0.1, -0.05) is 24.3 Å². The molecule has 5 nitrogen and oxygen atoms in total. The Morgan fingerprint density at radius 2 is 1.81 bits per heavy atom. The number of aliphatic hydroxyl groups excluding tert-OH is 1. The van der Waals surface area contributed by atoms with Crippen molar-refractivity contribution in [3.8, 4) is 17.3 Å². The number of rotatable bonds is 4. The van der Waals surface area contributed by atoms with Gasteiger partial charge in [0.2, 0.25) is 0 Å². The van der Waals surface area contributed by atoms with Crippen molar-refractivity contribution in [2.45, 2.75) is 56.1 Å². The van der Waals surface area contributed by atoms with E-state index in [9.17, 15) is 19.6 Å². The van der Waals surface area contributed by atoms with Crippen molar-refractivity contribution < 1.29 is 14.3 Å². The van der Waals surface area contributed by atoms with E-state index in [4.69, 9.17) is 4.98 Å². The molecule has 1 heterocycles. The third kappa shape index (κ3) is 3.85. The first-order chi connectivity index (χ1) is 15.5. The third-order valence-corrected chi connectivity index (χ3v) is 6.73. The minimum Gasteiger partial charge on any atom is -0.393 e. The largest absolute Gasteiger partial charge is 0.393 e. The summed E-state index contributed by atoms with van der Waals surface area (Å²) in [5, 5.41) is 22.8. The summed E-state index contributed by atoms with van der Waals surface area (Å²) in [6.45, 7) is 0. The van der Waals surface area contributed by atoms with Gasteiger partial charge in [0.05, 0.1) is 34.4 Å². The van der Waals surface area contributed by atoms with Crippen molar-refractivity contribution >= 4 is 16.8 Å². The smallest absolute Gasteiger partial charge is 0.253 e. The van der Waals surface area contributed by atoms with Gasteiger partial charge in [-0.15, -0.1) is 0 Å². The second-order valence-corrected chi connectivity index (χ2v) is 8.97. The van der Waals surface area contributed by atoms with E-state index in [0.29, 0.717) is 35.0 Å². The van der Waals surface area contributed by atoms with Crippen LogP contribution in [0.1, 0.15) is 54.4 Å². The summed E-state index contributed by atoms with van der Waals surface area (Å²) >= 11 is 0. The van der Waals surface area contributed by atoms with Gasteiger partial charge in [0, 0.05) is 17.0 Å². The van der Waals surface area contributed by atoms with Gasteiger partial charge >= 0.3 is 0 Å². The highest BCUT2D eigenvalue weighted by atomic mass is 19.1. The first kappa shape index (κ1) is 20.6. The number of fused-ring (bicyclic) bond motifs is 1. The minimum absolute atomic E-state index is 0.00492. The molecule has 0 radical (unpaired) electrons. The number of hydrogen-bond acceptors (Lipinski definition) is 4. The lowest BCUT2D eigenvalue weighted by Crippen LogP contribution is -2.38. The Morgan fingerprint density at radius 3 is 2.47 bits per heavy atom. The van der Waals surface area contributed by atoms with E-state index in [1.54, 1.807) is 12.1 Å². The Kier molecular flexibility index (Phi) is 5.15. The van der Waals surface area contributed by atoms with Crippen molar-refractivity contribution in [2.75, 3.05) is 0 Å². The lowest BCUT2D eigenvalue weighted by molar-refractivity contribution is 0.0868. The van der Waals surface area contributed by atoms with Crippen molar-refractivity contribution in [1.29, 1.82) is 5.26 Å². The molecule has 0 bridgehead atoms. The molecule has 2 fully saturated rings. The van der Waals surface area contributed by atoms with Crippen molar-refractivity contribution in [3.63, 3.8) is 0 Å². The second kappa shape index (κ2) is 7.99. The predicted molar refractivity (Wildman–Crippen MR) is 119 cm³/mol. The molecule has 32 heavy (non-hydrogen) atoms. The van der Waals surface area contributed by atoms with Gasteiger partial charge in [-0.05, 0) is 68.4 Å². The first-order valence-electron chi connectivity index (χ1n) is 11.1. The normalized spacial score (nSPS) is 21.7. The number of aliphatic hydroxyl groups is 1. The van der Waals surface area contributed by atoms with Gasteiger partial charge in [0.1, 0.15) is 5.82 Å². The predicted octanol–water partition coefficient (Wildman–Crippen LogP) is 4.63. The number of carbonyl (C=O) groups is 1. The molecule has 2 aliphatic carbocycles. The maximum Gasteiger partial charge on any atom is 0.253 e. The zero-order valence-corrected chi connectivity index (χ0v) is 17.6. The van der Waals surface area contributed by atoms with Crippen LogP contribution >= 0.6 is 0 Å². The molecule has 6 heteroatoms. The monoisotopic (exact) mass is 429 g/mol. The van der Waals surface area contributed by atoms with Crippen molar-refractivity contribution in [3.05, 3.63) is 65.5 Å². The number of amides is 1. The van der Waals surface area contributed by atoms with Crippen LogP contribution in [0.4, 0.5) is 4.39 Å². The van der Waals surface area contributed by atoms with E-state index in [1.807, 2.05) is 24.3 Å². The van der Waals surface area contributed by atoms with E-state index >= 15 is 0 Å². The average molecular weight is 429 g/mol. The van der Waals surface area contributed by atoms with Crippen molar-refractivity contribution in [2.24, 2.45) is 0 Å². The van der Waals surface area contributed by atoms with Crippen LogP contribution in [0.5, 0.6) is 0 Å². The highest BCUT2D eigenvalue weighted by molar-refractivity contribution is 6.03. The maximum absolute atomic E-state index is 13.8. The van der Waals surface area contributed by atoms with Crippen LogP contribution in [-0.4, -0.2) is 28.1 Å². The number of nitriles is 1. The Labute approximate surface area is 185 Å². The molecule has 2 aliphatic rings. The number of aromatic nitrogens is 1. The van der Waals surface area contributed by atoms with Gasteiger partial charge in [-0.3, -0.25) is 4.79 Å². The lowest BCUT2D eigenvalue weighted by Gasteiger charge is -2.26. The van der Waals surface area contributed by atoms with Crippen LogP contribution < -0.4 is 5.32 Å². The summed E-state index contributed by atoms with van der Waals surface area (Å²) in [4.78, 5) is 18.0. The van der Waals surface area contributed by atoms with Crippen LogP contribution in [0.2, 0.25) is 0 Å². The topological polar surface area (TPSA) is 86.0 Å². The number of hydrogen-bond donors (Lipinski definition) is 2. The highest BCUT2D eigenvalue weighted by Gasteiger charge is 2.44. The van der Waals surface area contributed by atoms with Crippen LogP contribution in [0.3, 0.4) is 0 Å². The van der Waals surface area contributed by atoms with E-state index in [-0.39, 0.29) is 29.3 Å². The summed E-state index contributed by atoms with van der Waals surface area (Å²) in [6.07, 6.45) is 4.22. The number of nitrogens with one attached hydrogen (secondary N) is 1. The number of carbonyl (C=O) groups excluding carboxylic acids is 1. The molecular formula is C26H24FN3O2. The van der Waals surface area contributed by atoms with E-state index in [0.717, 1.165) is 36.8 Å². The van der Waals surface area contributed by atoms with Crippen LogP contribution in [0.25, 0.3) is 22.2 Å². The molecule has 0 spiro atoms. The Hall–Kier alpha value is -3.30.